The predicted octanol–water partition coefficient (Wildman–Crippen LogP) is 3.23. The molecule has 2 N–H and O–H groups in total. The Morgan fingerprint density at radius 3 is 2.78 bits per heavy atom. The maximum atomic E-state index is 12.6. The van der Waals surface area contributed by atoms with Gasteiger partial charge in [-0.15, -0.1) is 0 Å². The first-order valence-electron chi connectivity index (χ1n) is 8.06. The highest BCUT2D eigenvalue weighted by molar-refractivity contribution is 6.34. The van der Waals surface area contributed by atoms with E-state index in [1.165, 1.54) is 13.0 Å². The number of halogens is 1. The van der Waals surface area contributed by atoms with Crippen LogP contribution in [-0.2, 0) is 4.79 Å². The van der Waals surface area contributed by atoms with Gasteiger partial charge >= 0.3 is 0 Å². The maximum absolute atomic E-state index is 12.6. The smallest absolute Gasteiger partial charge is 0.253 e. The fraction of sp³-hybridized carbons (Fsp3) is 0.167. The van der Waals surface area contributed by atoms with E-state index < -0.39 is 11.9 Å². The van der Waals surface area contributed by atoms with Crippen LogP contribution < -0.4 is 10.6 Å². The Morgan fingerprint density at radius 2 is 2.07 bits per heavy atom. The Morgan fingerprint density at radius 1 is 1.26 bits per heavy atom. The third kappa shape index (κ3) is 4.48. The molecule has 0 aliphatic rings. The molecular weight excluding hydrogens is 370 g/mol. The second kappa shape index (κ2) is 7.96. The number of pyridine rings is 1. The molecule has 0 bridgehead atoms. The minimum absolute atomic E-state index is 0.224. The molecule has 3 aromatic rings. The van der Waals surface area contributed by atoms with Gasteiger partial charge in [-0.3, -0.25) is 14.6 Å². The zero-order valence-electron chi connectivity index (χ0n) is 14.6. The topological polar surface area (TPSA) is 110 Å². The van der Waals surface area contributed by atoms with Crippen LogP contribution >= 0.6 is 11.6 Å². The Bertz CT molecular complexity index is 974. The fourth-order valence-electron chi connectivity index (χ4n) is 2.34. The van der Waals surface area contributed by atoms with Crippen molar-refractivity contribution >= 4 is 29.1 Å². The summed E-state index contributed by atoms with van der Waals surface area (Å²) >= 11 is 6.11. The van der Waals surface area contributed by atoms with E-state index in [2.05, 4.69) is 25.8 Å². The van der Waals surface area contributed by atoms with Crippen molar-refractivity contribution in [1.82, 2.24) is 20.4 Å². The highest BCUT2D eigenvalue weighted by atomic mass is 35.5. The molecule has 138 valence electrons. The summed E-state index contributed by atoms with van der Waals surface area (Å²) in [6.07, 6.45) is 3.26. The number of nitrogens with zero attached hydrogens (tertiary/aromatic N) is 3. The van der Waals surface area contributed by atoms with Gasteiger partial charge in [-0.25, -0.2) is 0 Å². The van der Waals surface area contributed by atoms with Crippen LogP contribution in [0.15, 0.2) is 47.2 Å². The summed E-state index contributed by atoms with van der Waals surface area (Å²) in [4.78, 5) is 32.0. The molecule has 2 heterocycles. The van der Waals surface area contributed by atoms with Gasteiger partial charge in [-0.05, 0) is 37.3 Å². The number of hydrogen-bond donors (Lipinski definition) is 2. The van der Waals surface area contributed by atoms with Crippen molar-refractivity contribution in [3.8, 4) is 11.4 Å². The number of amides is 2. The second-order valence-corrected chi connectivity index (χ2v) is 6.18. The number of hydrogen-bond acceptors (Lipinski definition) is 6. The summed E-state index contributed by atoms with van der Waals surface area (Å²) in [6, 6.07) is 7.68. The second-order valence-electron chi connectivity index (χ2n) is 5.77. The first-order valence-corrected chi connectivity index (χ1v) is 8.44. The Labute approximate surface area is 160 Å². The van der Waals surface area contributed by atoms with E-state index in [0.717, 1.165) is 0 Å². The third-order valence-electron chi connectivity index (χ3n) is 3.61. The van der Waals surface area contributed by atoms with E-state index in [1.807, 2.05) is 0 Å². The quantitative estimate of drug-likeness (QED) is 0.697. The molecule has 0 saturated heterocycles. The van der Waals surface area contributed by atoms with Gasteiger partial charge in [-0.2, -0.15) is 4.98 Å². The van der Waals surface area contributed by atoms with Gasteiger partial charge in [0.25, 0.3) is 5.91 Å². The molecule has 8 nitrogen and oxygen atoms in total. The van der Waals surface area contributed by atoms with Gasteiger partial charge in [0, 0.05) is 30.6 Å². The molecule has 9 heteroatoms. The molecule has 3 rings (SSSR count). The molecule has 27 heavy (non-hydrogen) atoms. The SMILES string of the molecule is CC(=O)Nc1ccc(Cl)c(C(=O)NC(C)c2nc(-c3cccnc3)no2)c1. The highest BCUT2D eigenvalue weighted by Gasteiger charge is 2.20. The first kappa shape index (κ1) is 18.5. The van der Waals surface area contributed by atoms with Gasteiger partial charge in [0.1, 0.15) is 6.04 Å². The Hall–Kier alpha value is -3.26. The molecule has 1 unspecified atom stereocenters. The molecule has 0 aliphatic carbocycles. The van der Waals surface area contributed by atoms with E-state index in [1.54, 1.807) is 43.6 Å². The number of nitrogens with one attached hydrogen (secondary N) is 2. The Kier molecular flexibility index (Phi) is 5.46. The monoisotopic (exact) mass is 385 g/mol. The van der Waals surface area contributed by atoms with Crippen molar-refractivity contribution in [2.45, 2.75) is 19.9 Å². The van der Waals surface area contributed by atoms with Gasteiger partial charge < -0.3 is 15.2 Å². The summed E-state index contributed by atoms with van der Waals surface area (Å²) < 4.78 is 5.23. The van der Waals surface area contributed by atoms with Crippen LogP contribution in [0.25, 0.3) is 11.4 Å². The van der Waals surface area contributed by atoms with Crippen LogP contribution in [0, 0.1) is 0 Å². The van der Waals surface area contributed by atoms with E-state index >= 15 is 0 Å². The number of carbonyl (C=O) groups excluding carboxylic acids is 2. The van der Waals surface area contributed by atoms with Crippen LogP contribution in [-0.4, -0.2) is 26.9 Å². The lowest BCUT2D eigenvalue weighted by atomic mass is 10.1. The van der Waals surface area contributed by atoms with Crippen LogP contribution in [0.3, 0.4) is 0 Å². The zero-order chi connectivity index (χ0) is 19.4. The fourth-order valence-corrected chi connectivity index (χ4v) is 2.54. The van der Waals surface area contributed by atoms with Crippen molar-refractivity contribution in [2.24, 2.45) is 0 Å². The van der Waals surface area contributed by atoms with Crippen LogP contribution in [0.1, 0.15) is 36.1 Å². The van der Waals surface area contributed by atoms with E-state index in [9.17, 15) is 9.59 Å². The molecule has 0 aliphatic heterocycles. The first-order chi connectivity index (χ1) is 12.9. The van der Waals surface area contributed by atoms with Crippen molar-refractivity contribution in [3.05, 3.63) is 59.2 Å². The van der Waals surface area contributed by atoms with Crippen molar-refractivity contribution in [2.75, 3.05) is 5.32 Å². The number of aromatic nitrogens is 3. The molecule has 2 aromatic heterocycles. The van der Waals surface area contributed by atoms with Crippen LogP contribution in [0.5, 0.6) is 0 Å². The standard InChI is InChI=1S/C18H16ClN5O3/c1-10(18-23-16(24-27-18)12-4-3-7-20-9-12)21-17(26)14-8-13(22-11(2)25)5-6-15(14)19/h3-10H,1-2H3,(H,21,26)(H,22,25). The number of benzene rings is 1. The molecular formula is C18H16ClN5O3. The molecule has 1 atom stereocenters. The van der Waals surface area contributed by atoms with Crippen molar-refractivity contribution in [3.63, 3.8) is 0 Å². The summed E-state index contributed by atoms with van der Waals surface area (Å²) in [6.45, 7) is 3.09. The number of carbonyl (C=O) groups is 2. The minimum atomic E-state index is -0.545. The van der Waals surface area contributed by atoms with Gasteiger partial charge in [0.05, 0.1) is 10.6 Å². The zero-order valence-corrected chi connectivity index (χ0v) is 15.3. The minimum Gasteiger partial charge on any atom is -0.340 e. The van der Waals surface area contributed by atoms with Crippen LogP contribution in [0.4, 0.5) is 5.69 Å². The molecule has 1 aromatic carbocycles. The Balaban J connectivity index is 1.74. The summed E-state index contributed by atoms with van der Waals surface area (Å²) in [5.74, 6) is -0.0482. The molecule has 0 radical (unpaired) electrons. The largest absolute Gasteiger partial charge is 0.340 e. The van der Waals surface area contributed by atoms with E-state index in [0.29, 0.717) is 17.1 Å². The number of rotatable bonds is 5. The summed E-state index contributed by atoms with van der Waals surface area (Å²) in [7, 11) is 0. The maximum Gasteiger partial charge on any atom is 0.253 e. The van der Waals surface area contributed by atoms with Gasteiger partial charge in [0.15, 0.2) is 0 Å². The molecule has 0 saturated carbocycles. The van der Waals surface area contributed by atoms with Crippen molar-refractivity contribution in [1.29, 1.82) is 0 Å². The van der Waals surface area contributed by atoms with Crippen molar-refractivity contribution < 1.29 is 14.1 Å². The lowest BCUT2D eigenvalue weighted by molar-refractivity contribution is -0.114. The highest BCUT2D eigenvalue weighted by Crippen LogP contribution is 2.22. The molecule has 2 amide bonds. The lowest BCUT2D eigenvalue weighted by Gasteiger charge is -2.12. The summed E-state index contributed by atoms with van der Waals surface area (Å²) in [5, 5.41) is 9.52. The van der Waals surface area contributed by atoms with E-state index in [4.69, 9.17) is 16.1 Å². The predicted molar refractivity (Wildman–Crippen MR) is 99.2 cm³/mol. The lowest BCUT2D eigenvalue weighted by Crippen LogP contribution is -2.27. The molecule has 0 fully saturated rings. The van der Waals surface area contributed by atoms with E-state index in [-0.39, 0.29) is 22.4 Å². The third-order valence-corrected chi connectivity index (χ3v) is 3.94. The molecule has 0 spiro atoms. The van der Waals surface area contributed by atoms with Crippen LogP contribution in [0.2, 0.25) is 5.02 Å². The van der Waals surface area contributed by atoms with Gasteiger partial charge in [0.2, 0.25) is 17.6 Å². The normalized spacial score (nSPS) is 11.7. The number of anilines is 1. The average Bonchev–Trinajstić information content (AvgIpc) is 3.14. The van der Waals surface area contributed by atoms with Gasteiger partial charge in [-0.1, -0.05) is 16.8 Å². The summed E-state index contributed by atoms with van der Waals surface area (Å²) in [5.41, 5.74) is 1.40. The average molecular weight is 386 g/mol.